The Hall–Kier alpha value is -2.24. The van der Waals surface area contributed by atoms with Gasteiger partial charge in [0, 0.05) is 30.4 Å². The van der Waals surface area contributed by atoms with Gasteiger partial charge in [-0.3, -0.25) is 5.10 Å². The van der Waals surface area contributed by atoms with Crippen molar-refractivity contribution in [3.05, 3.63) is 35.9 Å². The van der Waals surface area contributed by atoms with Crippen molar-refractivity contribution in [3.63, 3.8) is 0 Å². The Labute approximate surface area is 97.8 Å². The molecule has 5 nitrogen and oxygen atoms in total. The van der Waals surface area contributed by atoms with Gasteiger partial charge in [0.1, 0.15) is 11.6 Å². The predicted octanol–water partition coefficient (Wildman–Crippen LogP) is 1.75. The maximum Gasteiger partial charge on any atom is 0.148 e. The number of hydrogen-bond acceptors (Lipinski definition) is 4. The first-order chi connectivity index (χ1) is 8.20. The highest BCUT2D eigenvalue weighted by atomic mass is 19.1. The summed E-state index contributed by atoms with van der Waals surface area (Å²) in [4.78, 5) is 0. The van der Waals surface area contributed by atoms with Crippen molar-refractivity contribution in [1.29, 1.82) is 0 Å². The number of ether oxygens (including phenoxy) is 1. The van der Waals surface area contributed by atoms with Crippen LogP contribution in [-0.2, 0) is 6.54 Å². The molecule has 0 atom stereocenters. The number of aromatic amines is 1. The Bertz CT molecular complexity index is 498. The molecule has 0 radical (unpaired) electrons. The van der Waals surface area contributed by atoms with Crippen LogP contribution < -0.4 is 15.8 Å². The van der Waals surface area contributed by atoms with Crippen molar-refractivity contribution in [2.75, 3.05) is 18.2 Å². The Balaban J connectivity index is 2.15. The first-order valence-corrected chi connectivity index (χ1v) is 5.05. The standard InChI is InChI=1S/C11H13FN4O/c1-17-11-3-10(8(12)2-9(11)13)14-4-7-5-15-16-6-7/h2-3,5-6,14H,4,13H2,1H3,(H,15,16). The van der Waals surface area contributed by atoms with Crippen LogP contribution in [0.1, 0.15) is 5.56 Å². The SMILES string of the molecule is COc1cc(NCc2cn[nH]c2)c(F)cc1N. The molecule has 4 N–H and O–H groups in total. The zero-order valence-electron chi connectivity index (χ0n) is 9.33. The van der Waals surface area contributed by atoms with Gasteiger partial charge >= 0.3 is 0 Å². The van der Waals surface area contributed by atoms with E-state index in [4.69, 9.17) is 10.5 Å². The fraction of sp³-hybridized carbons (Fsp3) is 0.182. The molecule has 0 bridgehead atoms. The molecular weight excluding hydrogens is 223 g/mol. The second-order valence-corrected chi connectivity index (χ2v) is 3.53. The van der Waals surface area contributed by atoms with Crippen molar-refractivity contribution < 1.29 is 9.13 Å². The molecule has 90 valence electrons. The molecule has 0 spiro atoms. The van der Waals surface area contributed by atoms with Gasteiger partial charge < -0.3 is 15.8 Å². The van der Waals surface area contributed by atoms with Gasteiger partial charge in [-0.15, -0.1) is 0 Å². The first kappa shape index (κ1) is 11.3. The number of rotatable bonds is 4. The van der Waals surface area contributed by atoms with Gasteiger partial charge in [0.25, 0.3) is 0 Å². The third-order valence-corrected chi connectivity index (χ3v) is 2.36. The number of anilines is 2. The summed E-state index contributed by atoms with van der Waals surface area (Å²) in [6, 6.07) is 2.77. The summed E-state index contributed by atoms with van der Waals surface area (Å²) >= 11 is 0. The maximum absolute atomic E-state index is 13.6. The topological polar surface area (TPSA) is 76.0 Å². The highest BCUT2D eigenvalue weighted by Gasteiger charge is 2.08. The molecule has 0 saturated carbocycles. The number of nitrogens with two attached hydrogens (primary N) is 1. The summed E-state index contributed by atoms with van der Waals surface area (Å²) in [5.74, 6) is 0.0351. The lowest BCUT2D eigenvalue weighted by Crippen LogP contribution is -2.02. The molecule has 0 aliphatic carbocycles. The summed E-state index contributed by atoms with van der Waals surface area (Å²) in [6.45, 7) is 0.473. The Morgan fingerprint density at radius 2 is 2.35 bits per heavy atom. The first-order valence-electron chi connectivity index (χ1n) is 5.05. The molecule has 1 aromatic heterocycles. The number of benzene rings is 1. The predicted molar refractivity (Wildman–Crippen MR) is 63.3 cm³/mol. The summed E-state index contributed by atoms with van der Waals surface area (Å²) in [5, 5.41) is 9.43. The molecule has 0 fully saturated rings. The zero-order valence-corrected chi connectivity index (χ0v) is 9.33. The van der Waals surface area contributed by atoms with E-state index in [2.05, 4.69) is 15.5 Å². The van der Waals surface area contributed by atoms with E-state index in [-0.39, 0.29) is 5.69 Å². The van der Waals surface area contributed by atoms with Crippen molar-refractivity contribution in [2.24, 2.45) is 0 Å². The van der Waals surface area contributed by atoms with Crippen molar-refractivity contribution in [1.82, 2.24) is 10.2 Å². The maximum atomic E-state index is 13.6. The van der Waals surface area contributed by atoms with E-state index in [1.807, 2.05) is 0 Å². The number of nitrogen functional groups attached to an aromatic ring is 1. The lowest BCUT2D eigenvalue weighted by molar-refractivity contribution is 0.416. The van der Waals surface area contributed by atoms with E-state index in [0.717, 1.165) is 5.56 Å². The summed E-state index contributed by atoms with van der Waals surface area (Å²) in [6.07, 6.45) is 3.40. The van der Waals surface area contributed by atoms with Gasteiger partial charge in [-0.05, 0) is 0 Å². The second-order valence-electron chi connectivity index (χ2n) is 3.53. The lowest BCUT2D eigenvalue weighted by Gasteiger charge is -2.10. The Morgan fingerprint density at radius 3 is 3.00 bits per heavy atom. The third kappa shape index (κ3) is 2.47. The Kier molecular flexibility index (Phi) is 3.13. The van der Waals surface area contributed by atoms with Gasteiger partial charge in [0.05, 0.1) is 24.7 Å². The molecule has 1 aromatic carbocycles. The quantitative estimate of drug-likeness (QED) is 0.707. The highest BCUT2D eigenvalue weighted by Crippen LogP contribution is 2.28. The van der Waals surface area contributed by atoms with Crippen LogP contribution in [0.4, 0.5) is 15.8 Å². The van der Waals surface area contributed by atoms with Crippen LogP contribution >= 0.6 is 0 Å². The second kappa shape index (κ2) is 4.73. The summed E-state index contributed by atoms with van der Waals surface area (Å²) in [5.41, 5.74) is 7.14. The van der Waals surface area contributed by atoms with Crippen molar-refractivity contribution >= 4 is 11.4 Å². The molecule has 0 amide bonds. The molecule has 2 rings (SSSR count). The van der Waals surface area contributed by atoms with Gasteiger partial charge in [0.2, 0.25) is 0 Å². The fourth-order valence-electron chi connectivity index (χ4n) is 1.45. The Morgan fingerprint density at radius 1 is 1.53 bits per heavy atom. The molecule has 0 saturated heterocycles. The molecule has 0 aliphatic rings. The van der Waals surface area contributed by atoms with Crippen LogP contribution in [0.15, 0.2) is 24.5 Å². The van der Waals surface area contributed by atoms with Crippen LogP contribution in [0.25, 0.3) is 0 Å². The van der Waals surface area contributed by atoms with Gasteiger partial charge in [-0.1, -0.05) is 0 Å². The number of nitrogens with one attached hydrogen (secondary N) is 2. The molecule has 0 unspecified atom stereocenters. The number of nitrogens with zero attached hydrogens (tertiary/aromatic N) is 1. The van der Waals surface area contributed by atoms with Gasteiger partial charge in [0.15, 0.2) is 0 Å². The van der Waals surface area contributed by atoms with Gasteiger partial charge in [-0.25, -0.2) is 4.39 Å². The molecule has 2 aromatic rings. The molecule has 17 heavy (non-hydrogen) atoms. The van der Waals surface area contributed by atoms with E-state index in [1.165, 1.54) is 19.2 Å². The van der Waals surface area contributed by atoms with E-state index in [0.29, 0.717) is 18.0 Å². The van der Waals surface area contributed by atoms with E-state index in [9.17, 15) is 4.39 Å². The number of methoxy groups -OCH3 is 1. The minimum atomic E-state index is -0.410. The monoisotopic (exact) mass is 236 g/mol. The van der Waals surface area contributed by atoms with Gasteiger partial charge in [-0.2, -0.15) is 5.10 Å². The number of halogens is 1. The minimum Gasteiger partial charge on any atom is -0.495 e. The number of H-pyrrole nitrogens is 1. The van der Waals surface area contributed by atoms with E-state index in [1.54, 1.807) is 12.4 Å². The largest absolute Gasteiger partial charge is 0.495 e. The lowest BCUT2D eigenvalue weighted by atomic mass is 10.2. The van der Waals surface area contributed by atoms with Crippen LogP contribution in [-0.4, -0.2) is 17.3 Å². The molecule has 0 aliphatic heterocycles. The molecular formula is C11H13FN4O. The van der Waals surface area contributed by atoms with E-state index >= 15 is 0 Å². The third-order valence-electron chi connectivity index (χ3n) is 2.36. The normalized spacial score (nSPS) is 10.2. The van der Waals surface area contributed by atoms with Crippen LogP contribution in [0.2, 0.25) is 0 Å². The van der Waals surface area contributed by atoms with E-state index < -0.39 is 5.82 Å². The van der Waals surface area contributed by atoms with Crippen molar-refractivity contribution in [3.8, 4) is 5.75 Å². The van der Waals surface area contributed by atoms with Crippen LogP contribution in [0.3, 0.4) is 0 Å². The summed E-state index contributed by atoms with van der Waals surface area (Å²) < 4.78 is 18.6. The number of hydrogen-bond donors (Lipinski definition) is 3. The van der Waals surface area contributed by atoms with Crippen LogP contribution in [0, 0.1) is 5.82 Å². The minimum absolute atomic E-state index is 0.277. The highest BCUT2D eigenvalue weighted by molar-refractivity contribution is 5.62. The average molecular weight is 236 g/mol. The number of aromatic nitrogens is 2. The fourth-order valence-corrected chi connectivity index (χ4v) is 1.45. The summed E-state index contributed by atoms with van der Waals surface area (Å²) in [7, 11) is 1.49. The van der Waals surface area contributed by atoms with Crippen molar-refractivity contribution in [2.45, 2.75) is 6.54 Å². The zero-order chi connectivity index (χ0) is 12.3. The average Bonchev–Trinajstić information content (AvgIpc) is 2.81. The van der Waals surface area contributed by atoms with Crippen LogP contribution in [0.5, 0.6) is 5.75 Å². The molecule has 6 heteroatoms. The smallest absolute Gasteiger partial charge is 0.148 e. The molecule has 1 heterocycles.